The Bertz CT molecular complexity index is 573. The van der Waals surface area contributed by atoms with Crippen LogP contribution >= 0.6 is 11.6 Å². The van der Waals surface area contributed by atoms with Gasteiger partial charge in [-0.3, -0.25) is 0 Å². The minimum absolute atomic E-state index is 0.254. The molecule has 0 radical (unpaired) electrons. The van der Waals surface area contributed by atoms with Gasteiger partial charge < -0.3 is 4.90 Å². The average Bonchev–Trinajstić information content (AvgIpc) is 2.72. The van der Waals surface area contributed by atoms with Gasteiger partial charge in [0.15, 0.2) is 11.0 Å². The van der Waals surface area contributed by atoms with Gasteiger partial charge in [0.1, 0.15) is 5.82 Å². The lowest BCUT2D eigenvalue weighted by Crippen LogP contribution is -2.15. The van der Waals surface area contributed by atoms with Gasteiger partial charge in [-0.05, 0) is 24.1 Å². The molecule has 1 aliphatic rings. The van der Waals surface area contributed by atoms with Crippen molar-refractivity contribution in [2.24, 2.45) is 0 Å². The van der Waals surface area contributed by atoms with E-state index in [1.807, 2.05) is 4.90 Å². The second kappa shape index (κ2) is 3.96. The molecule has 1 aliphatic heterocycles. The Kier molecular flexibility index (Phi) is 2.44. The first-order chi connectivity index (χ1) is 8.25. The highest BCUT2D eigenvalue weighted by atomic mass is 35.5. The standard InChI is InChI=1S/C12H9ClFN3/c13-11-12(16-5-4-15-11)17-6-3-8-1-2-9(14)7-10(8)17/h1-2,4-5,7H,3,6H2. The summed E-state index contributed by atoms with van der Waals surface area (Å²) in [6.45, 7) is 0.747. The Morgan fingerprint density at radius 2 is 2.06 bits per heavy atom. The molecule has 1 aromatic heterocycles. The molecule has 0 bridgehead atoms. The molecule has 1 aromatic carbocycles. The van der Waals surface area contributed by atoms with E-state index in [1.165, 1.54) is 18.3 Å². The van der Waals surface area contributed by atoms with Crippen LogP contribution in [0, 0.1) is 5.82 Å². The van der Waals surface area contributed by atoms with E-state index in [0.29, 0.717) is 11.0 Å². The number of nitrogens with zero attached hydrogens (tertiary/aromatic N) is 3. The number of hydrogen-bond donors (Lipinski definition) is 0. The summed E-state index contributed by atoms with van der Waals surface area (Å²) in [4.78, 5) is 10.1. The summed E-state index contributed by atoms with van der Waals surface area (Å²) in [6.07, 6.45) is 3.98. The second-order valence-corrected chi connectivity index (χ2v) is 4.20. The van der Waals surface area contributed by atoms with Crippen molar-refractivity contribution < 1.29 is 4.39 Å². The quantitative estimate of drug-likeness (QED) is 0.778. The van der Waals surface area contributed by atoms with Crippen molar-refractivity contribution in [1.82, 2.24) is 9.97 Å². The summed E-state index contributed by atoms with van der Waals surface area (Å²) in [5.41, 5.74) is 1.93. The minimum atomic E-state index is -0.254. The fourth-order valence-corrected chi connectivity index (χ4v) is 2.27. The molecule has 0 amide bonds. The predicted octanol–water partition coefficient (Wildman–Crippen LogP) is 2.96. The van der Waals surface area contributed by atoms with Gasteiger partial charge in [-0.15, -0.1) is 0 Å². The van der Waals surface area contributed by atoms with Crippen LogP contribution in [-0.2, 0) is 6.42 Å². The lowest BCUT2D eigenvalue weighted by molar-refractivity contribution is 0.628. The Morgan fingerprint density at radius 3 is 2.88 bits per heavy atom. The summed E-state index contributed by atoms with van der Waals surface area (Å²) in [5, 5.41) is 0.338. The first-order valence-corrected chi connectivity index (χ1v) is 5.66. The lowest BCUT2D eigenvalue weighted by Gasteiger charge is -2.18. The highest BCUT2D eigenvalue weighted by molar-refractivity contribution is 6.31. The van der Waals surface area contributed by atoms with Gasteiger partial charge in [0.05, 0.1) is 0 Å². The largest absolute Gasteiger partial charge is 0.323 e. The fraction of sp³-hybridized carbons (Fsp3) is 0.167. The molecule has 0 aliphatic carbocycles. The van der Waals surface area contributed by atoms with Crippen molar-refractivity contribution in [3.05, 3.63) is 47.1 Å². The van der Waals surface area contributed by atoms with E-state index in [1.54, 1.807) is 12.3 Å². The molecule has 0 atom stereocenters. The summed E-state index contributed by atoms with van der Waals surface area (Å²) in [5.74, 6) is 0.328. The molecule has 0 saturated carbocycles. The smallest absolute Gasteiger partial charge is 0.172 e. The van der Waals surface area contributed by atoms with Crippen LogP contribution in [0.4, 0.5) is 15.9 Å². The summed E-state index contributed by atoms with van der Waals surface area (Å²) >= 11 is 6.00. The predicted molar refractivity (Wildman–Crippen MR) is 64.2 cm³/mol. The van der Waals surface area contributed by atoms with Crippen LogP contribution in [0.1, 0.15) is 5.56 Å². The highest BCUT2D eigenvalue weighted by Crippen LogP contribution is 2.36. The molecule has 0 spiro atoms. The zero-order valence-electron chi connectivity index (χ0n) is 8.90. The molecule has 0 N–H and O–H groups in total. The minimum Gasteiger partial charge on any atom is -0.323 e. The van der Waals surface area contributed by atoms with E-state index in [2.05, 4.69) is 9.97 Å². The van der Waals surface area contributed by atoms with Gasteiger partial charge in [0, 0.05) is 24.6 Å². The summed E-state index contributed by atoms with van der Waals surface area (Å²) < 4.78 is 13.3. The Labute approximate surface area is 103 Å². The molecule has 0 saturated heterocycles. The summed E-state index contributed by atoms with van der Waals surface area (Å²) in [7, 11) is 0. The van der Waals surface area contributed by atoms with Crippen molar-refractivity contribution in [1.29, 1.82) is 0 Å². The average molecular weight is 250 g/mol. The topological polar surface area (TPSA) is 29.0 Å². The molecule has 86 valence electrons. The number of halogens is 2. The van der Waals surface area contributed by atoms with Gasteiger partial charge >= 0.3 is 0 Å². The summed E-state index contributed by atoms with van der Waals surface area (Å²) in [6, 6.07) is 4.78. The first-order valence-electron chi connectivity index (χ1n) is 5.28. The maximum absolute atomic E-state index is 13.3. The van der Waals surface area contributed by atoms with E-state index in [-0.39, 0.29) is 5.82 Å². The van der Waals surface area contributed by atoms with Crippen LogP contribution in [0.3, 0.4) is 0 Å². The molecule has 0 unspecified atom stereocenters. The van der Waals surface area contributed by atoms with Crippen LogP contribution in [0.2, 0.25) is 5.15 Å². The molecular weight excluding hydrogens is 241 g/mol. The van der Waals surface area contributed by atoms with E-state index < -0.39 is 0 Å². The van der Waals surface area contributed by atoms with Crippen LogP contribution in [-0.4, -0.2) is 16.5 Å². The Morgan fingerprint density at radius 1 is 1.24 bits per heavy atom. The third-order valence-electron chi connectivity index (χ3n) is 2.83. The maximum atomic E-state index is 13.3. The number of benzene rings is 1. The van der Waals surface area contributed by atoms with E-state index in [0.717, 1.165) is 24.2 Å². The van der Waals surface area contributed by atoms with E-state index in [4.69, 9.17) is 11.6 Å². The maximum Gasteiger partial charge on any atom is 0.172 e. The van der Waals surface area contributed by atoms with Crippen molar-refractivity contribution in [2.45, 2.75) is 6.42 Å². The number of anilines is 2. The zero-order valence-corrected chi connectivity index (χ0v) is 9.65. The number of aromatic nitrogens is 2. The zero-order chi connectivity index (χ0) is 11.8. The molecule has 2 aromatic rings. The second-order valence-electron chi connectivity index (χ2n) is 3.85. The molecular formula is C12H9ClFN3. The van der Waals surface area contributed by atoms with Crippen molar-refractivity contribution in [3.63, 3.8) is 0 Å². The first kappa shape index (κ1) is 10.5. The van der Waals surface area contributed by atoms with Gasteiger partial charge in [0.25, 0.3) is 0 Å². The van der Waals surface area contributed by atoms with Crippen molar-refractivity contribution in [3.8, 4) is 0 Å². The van der Waals surface area contributed by atoms with Crippen LogP contribution in [0.25, 0.3) is 0 Å². The van der Waals surface area contributed by atoms with Crippen molar-refractivity contribution >= 4 is 23.1 Å². The Balaban J connectivity index is 2.10. The molecule has 3 nitrogen and oxygen atoms in total. The normalized spacial score (nSPS) is 13.9. The third kappa shape index (κ3) is 1.74. The van der Waals surface area contributed by atoms with Gasteiger partial charge in [-0.1, -0.05) is 17.7 Å². The Hall–Kier alpha value is -1.68. The van der Waals surface area contributed by atoms with Crippen LogP contribution in [0.5, 0.6) is 0 Å². The molecule has 17 heavy (non-hydrogen) atoms. The third-order valence-corrected chi connectivity index (χ3v) is 3.10. The molecule has 3 rings (SSSR count). The van der Waals surface area contributed by atoms with Crippen LogP contribution < -0.4 is 4.90 Å². The molecule has 0 fully saturated rings. The van der Waals surface area contributed by atoms with Crippen LogP contribution in [0.15, 0.2) is 30.6 Å². The monoisotopic (exact) mass is 249 g/mol. The van der Waals surface area contributed by atoms with E-state index >= 15 is 0 Å². The number of hydrogen-bond acceptors (Lipinski definition) is 3. The van der Waals surface area contributed by atoms with Gasteiger partial charge in [-0.2, -0.15) is 0 Å². The number of fused-ring (bicyclic) bond motifs is 1. The van der Waals surface area contributed by atoms with Gasteiger partial charge in [-0.25, -0.2) is 14.4 Å². The van der Waals surface area contributed by atoms with Gasteiger partial charge in [0.2, 0.25) is 0 Å². The van der Waals surface area contributed by atoms with Crippen molar-refractivity contribution in [2.75, 3.05) is 11.4 Å². The number of rotatable bonds is 1. The van der Waals surface area contributed by atoms with E-state index in [9.17, 15) is 4.39 Å². The SMILES string of the molecule is Fc1ccc2c(c1)N(c1nccnc1Cl)CC2. The highest BCUT2D eigenvalue weighted by Gasteiger charge is 2.23. The lowest BCUT2D eigenvalue weighted by atomic mass is 10.2. The molecule has 5 heteroatoms. The fourth-order valence-electron chi connectivity index (χ4n) is 2.07. The molecule has 2 heterocycles.